The minimum absolute atomic E-state index is 0.0860. The predicted molar refractivity (Wildman–Crippen MR) is 75.4 cm³/mol. The van der Waals surface area contributed by atoms with Gasteiger partial charge in [0.05, 0.1) is 11.3 Å². The number of nitrogens with zero attached hydrogens (tertiary/aromatic N) is 2. The van der Waals surface area contributed by atoms with Gasteiger partial charge >= 0.3 is 0 Å². The van der Waals surface area contributed by atoms with Crippen LogP contribution in [0.4, 0.5) is 5.69 Å². The van der Waals surface area contributed by atoms with E-state index in [1.807, 2.05) is 13.8 Å². The lowest BCUT2D eigenvalue weighted by molar-refractivity contribution is -0.127. The Morgan fingerprint density at radius 1 is 1.25 bits per heavy atom. The number of hydrogen-bond donors (Lipinski definition) is 0. The number of hydrogen-bond acceptors (Lipinski definition) is 3. The maximum Gasteiger partial charge on any atom is 0.256 e. The normalized spacial score (nSPS) is 15.4. The van der Waals surface area contributed by atoms with Gasteiger partial charge in [0.15, 0.2) is 0 Å². The molecule has 20 heavy (non-hydrogen) atoms. The van der Waals surface area contributed by atoms with Crippen LogP contribution in [0.2, 0.25) is 0 Å². The number of rotatable bonds is 2. The van der Waals surface area contributed by atoms with Gasteiger partial charge in [-0.25, -0.2) is 4.90 Å². The number of amides is 3. The van der Waals surface area contributed by atoms with Crippen LogP contribution in [-0.4, -0.2) is 36.2 Å². The first-order chi connectivity index (χ1) is 9.41. The average molecular weight is 274 g/mol. The van der Waals surface area contributed by atoms with Gasteiger partial charge in [-0.2, -0.15) is 0 Å². The number of anilines is 1. The number of para-hydroxylation sites is 1. The smallest absolute Gasteiger partial charge is 0.256 e. The third kappa shape index (κ3) is 2.57. The molecular formula is C15H18N2O3. The van der Waals surface area contributed by atoms with E-state index < -0.39 is 0 Å². The summed E-state index contributed by atoms with van der Waals surface area (Å²) >= 11 is 0. The number of likely N-dealkylation sites (N-methyl/N-ethyl adjacent to an activating group) is 1. The van der Waals surface area contributed by atoms with Crippen molar-refractivity contribution < 1.29 is 14.4 Å². The summed E-state index contributed by atoms with van der Waals surface area (Å²) in [6.45, 7) is 3.75. The van der Waals surface area contributed by atoms with Crippen LogP contribution in [0.15, 0.2) is 24.3 Å². The molecule has 0 bridgehead atoms. The van der Waals surface area contributed by atoms with E-state index in [1.165, 1.54) is 4.90 Å². The first kappa shape index (κ1) is 14.2. The first-order valence-electron chi connectivity index (χ1n) is 6.62. The van der Waals surface area contributed by atoms with Crippen molar-refractivity contribution in [3.8, 4) is 0 Å². The molecule has 5 heteroatoms. The Kier molecular flexibility index (Phi) is 3.88. The summed E-state index contributed by atoms with van der Waals surface area (Å²) < 4.78 is 0. The Labute approximate surface area is 118 Å². The number of benzene rings is 1. The fourth-order valence-corrected chi connectivity index (χ4v) is 2.25. The zero-order valence-corrected chi connectivity index (χ0v) is 11.9. The molecule has 0 saturated carbocycles. The summed E-state index contributed by atoms with van der Waals surface area (Å²) in [7, 11) is 1.56. The van der Waals surface area contributed by atoms with Crippen molar-refractivity contribution in [1.29, 1.82) is 0 Å². The summed E-state index contributed by atoms with van der Waals surface area (Å²) in [4.78, 5) is 39.3. The summed E-state index contributed by atoms with van der Waals surface area (Å²) in [5.41, 5.74) is 0.774. The van der Waals surface area contributed by atoms with E-state index in [9.17, 15) is 14.4 Å². The molecule has 0 atom stereocenters. The van der Waals surface area contributed by atoms with Gasteiger partial charge in [-0.15, -0.1) is 0 Å². The van der Waals surface area contributed by atoms with E-state index >= 15 is 0 Å². The third-order valence-electron chi connectivity index (χ3n) is 3.18. The van der Waals surface area contributed by atoms with E-state index in [-0.39, 0.29) is 36.6 Å². The molecular weight excluding hydrogens is 256 g/mol. The maximum absolute atomic E-state index is 12.3. The molecule has 0 fully saturated rings. The molecule has 0 N–H and O–H groups in total. The summed E-state index contributed by atoms with van der Waals surface area (Å²) in [6.07, 6.45) is 0.276. The van der Waals surface area contributed by atoms with Crippen molar-refractivity contribution in [2.75, 3.05) is 18.5 Å². The van der Waals surface area contributed by atoms with Crippen LogP contribution in [0.25, 0.3) is 0 Å². The third-order valence-corrected chi connectivity index (χ3v) is 3.18. The van der Waals surface area contributed by atoms with Crippen molar-refractivity contribution in [3.05, 3.63) is 29.8 Å². The number of carbonyl (C=O) groups is 3. The fraction of sp³-hybridized carbons (Fsp3) is 0.400. The molecule has 1 aromatic rings. The minimum atomic E-state index is -0.364. The second-order valence-corrected chi connectivity index (χ2v) is 5.40. The molecule has 0 aliphatic carbocycles. The SMILES string of the molecule is CC(C)CC(=O)N1C(=O)CN(C)C(=O)c2ccccc21. The van der Waals surface area contributed by atoms with E-state index in [2.05, 4.69) is 0 Å². The second kappa shape index (κ2) is 5.45. The summed E-state index contributed by atoms with van der Waals surface area (Å²) in [5, 5.41) is 0. The highest BCUT2D eigenvalue weighted by Gasteiger charge is 2.33. The standard InChI is InChI=1S/C15H18N2O3/c1-10(2)8-13(18)17-12-7-5-4-6-11(12)15(20)16(3)9-14(17)19/h4-7,10H,8-9H2,1-3H3. The van der Waals surface area contributed by atoms with Crippen molar-refractivity contribution in [3.63, 3.8) is 0 Å². The molecule has 0 saturated heterocycles. The highest BCUT2D eigenvalue weighted by atomic mass is 16.2. The van der Waals surface area contributed by atoms with E-state index in [1.54, 1.807) is 31.3 Å². The van der Waals surface area contributed by atoms with Crippen molar-refractivity contribution >= 4 is 23.4 Å². The largest absolute Gasteiger partial charge is 0.332 e. The van der Waals surface area contributed by atoms with Crippen molar-refractivity contribution in [1.82, 2.24) is 4.90 Å². The summed E-state index contributed by atoms with van der Waals surface area (Å²) in [6, 6.07) is 6.73. The lowest BCUT2D eigenvalue weighted by Gasteiger charge is -2.21. The Hall–Kier alpha value is -2.17. The zero-order chi connectivity index (χ0) is 14.9. The average Bonchev–Trinajstić information content (AvgIpc) is 2.45. The van der Waals surface area contributed by atoms with E-state index in [0.717, 1.165) is 4.90 Å². The van der Waals surface area contributed by atoms with Crippen LogP contribution in [0.3, 0.4) is 0 Å². The molecule has 1 aliphatic heterocycles. The lowest BCUT2D eigenvalue weighted by Crippen LogP contribution is -2.41. The molecule has 0 radical (unpaired) electrons. The minimum Gasteiger partial charge on any atom is -0.332 e. The highest BCUT2D eigenvalue weighted by Crippen LogP contribution is 2.26. The molecule has 2 rings (SSSR count). The molecule has 106 valence electrons. The van der Waals surface area contributed by atoms with Gasteiger partial charge in [-0.05, 0) is 18.1 Å². The van der Waals surface area contributed by atoms with Crippen LogP contribution in [0.1, 0.15) is 30.6 Å². The molecule has 1 aromatic carbocycles. The van der Waals surface area contributed by atoms with Gasteiger partial charge < -0.3 is 4.90 Å². The number of imide groups is 1. The summed E-state index contributed by atoms with van der Waals surface area (Å²) in [5.74, 6) is -0.718. The van der Waals surface area contributed by atoms with Crippen LogP contribution >= 0.6 is 0 Å². The van der Waals surface area contributed by atoms with Crippen LogP contribution < -0.4 is 4.90 Å². The zero-order valence-electron chi connectivity index (χ0n) is 11.9. The lowest BCUT2D eigenvalue weighted by atomic mass is 10.1. The van der Waals surface area contributed by atoms with Gasteiger partial charge in [0.2, 0.25) is 5.91 Å². The van der Waals surface area contributed by atoms with Gasteiger partial charge in [0.25, 0.3) is 11.8 Å². The Bertz CT molecular complexity index is 566. The fourth-order valence-electron chi connectivity index (χ4n) is 2.25. The van der Waals surface area contributed by atoms with Gasteiger partial charge in [-0.1, -0.05) is 26.0 Å². The Balaban J connectivity index is 2.50. The highest BCUT2D eigenvalue weighted by molar-refractivity contribution is 6.21. The Morgan fingerprint density at radius 2 is 1.90 bits per heavy atom. The second-order valence-electron chi connectivity index (χ2n) is 5.40. The monoisotopic (exact) mass is 274 g/mol. The Morgan fingerprint density at radius 3 is 2.55 bits per heavy atom. The first-order valence-corrected chi connectivity index (χ1v) is 6.62. The van der Waals surface area contributed by atoms with E-state index in [4.69, 9.17) is 0 Å². The topological polar surface area (TPSA) is 57.7 Å². The molecule has 1 aliphatic rings. The van der Waals surface area contributed by atoms with Gasteiger partial charge in [-0.3, -0.25) is 14.4 Å². The molecule has 0 spiro atoms. The van der Waals surface area contributed by atoms with Crippen molar-refractivity contribution in [2.45, 2.75) is 20.3 Å². The van der Waals surface area contributed by atoms with Crippen LogP contribution in [0.5, 0.6) is 0 Å². The number of carbonyl (C=O) groups excluding carboxylic acids is 3. The molecule has 3 amide bonds. The van der Waals surface area contributed by atoms with Gasteiger partial charge in [0, 0.05) is 13.5 Å². The van der Waals surface area contributed by atoms with Gasteiger partial charge in [0.1, 0.15) is 6.54 Å². The number of fused-ring (bicyclic) bond motifs is 1. The molecule has 0 aromatic heterocycles. The predicted octanol–water partition coefficient (Wildman–Crippen LogP) is 1.68. The molecule has 1 heterocycles. The van der Waals surface area contributed by atoms with Crippen LogP contribution in [0, 0.1) is 5.92 Å². The van der Waals surface area contributed by atoms with Crippen molar-refractivity contribution in [2.24, 2.45) is 5.92 Å². The molecule has 0 unspecified atom stereocenters. The quantitative estimate of drug-likeness (QED) is 0.824. The molecule has 5 nitrogen and oxygen atoms in total. The van der Waals surface area contributed by atoms with E-state index in [0.29, 0.717) is 11.3 Å². The van der Waals surface area contributed by atoms with Crippen LogP contribution in [-0.2, 0) is 9.59 Å². The maximum atomic E-state index is 12.3.